The maximum absolute atomic E-state index is 12.1. The van der Waals surface area contributed by atoms with E-state index in [9.17, 15) is 9.59 Å². The first-order valence-corrected chi connectivity index (χ1v) is 9.42. The molecule has 2 amide bonds. The Morgan fingerprint density at radius 1 is 1.19 bits per heavy atom. The summed E-state index contributed by atoms with van der Waals surface area (Å²) < 4.78 is 10.8. The number of allylic oxidation sites excluding steroid dienone is 1. The van der Waals surface area contributed by atoms with Crippen LogP contribution in [-0.4, -0.2) is 25.5 Å². The molecule has 1 aromatic heterocycles. The molecule has 1 aromatic carbocycles. The Morgan fingerprint density at radius 2 is 1.96 bits per heavy atom. The predicted molar refractivity (Wildman–Crippen MR) is 107 cm³/mol. The van der Waals surface area contributed by atoms with Gasteiger partial charge in [0, 0.05) is 4.88 Å². The third-order valence-electron chi connectivity index (χ3n) is 3.79. The fourth-order valence-corrected chi connectivity index (χ4v) is 3.46. The molecule has 144 valence electrons. The number of methoxy groups -OCH3 is 1. The van der Waals surface area contributed by atoms with Gasteiger partial charge in [-0.05, 0) is 49.6 Å². The molecule has 0 saturated carbocycles. The number of ether oxygens (including phenoxy) is 2. The van der Waals surface area contributed by atoms with Crippen LogP contribution in [0, 0.1) is 6.92 Å². The Hall–Kier alpha value is -2.80. The van der Waals surface area contributed by atoms with Crippen LogP contribution in [0.4, 0.5) is 0 Å². The van der Waals surface area contributed by atoms with Gasteiger partial charge in [0.2, 0.25) is 0 Å². The maximum atomic E-state index is 12.1. The summed E-state index contributed by atoms with van der Waals surface area (Å²) in [6.07, 6.45) is 4.73. The van der Waals surface area contributed by atoms with E-state index in [2.05, 4.69) is 10.9 Å². The van der Waals surface area contributed by atoms with E-state index in [1.54, 1.807) is 6.07 Å². The molecule has 0 saturated heterocycles. The number of hydrogen-bond acceptors (Lipinski definition) is 5. The molecule has 2 N–H and O–H groups in total. The molecule has 2 aromatic rings. The number of benzene rings is 1. The number of nitrogens with one attached hydrogen (secondary N) is 2. The summed E-state index contributed by atoms with van der Waals surface area (Å²) in [6, 6.07) is 7.24. The zero-order valence-corrected chi connectivity index (χ0v) is 16.7. The minimum atomic E-state index is -0.466. The van der Waals surface area contributed by atoms with Crippen molar-refractivity contribution in [1.29, 1.82) is 0 Å². The van der Waals surface area contributed by atoms with Crippen molar-refractivity contribution < 1.29 is 19.1 Å². The van der Waals surface area contributed by atoms with Gasteiger partial charge in [-0.25, -0.2) is 0 Å². The Bertz CT molecular complexity index is 843. The molecule has 0 spiro atoms. The van der Waals surface area contributed by atoms with Crippen LogP contribution in [0.25, 0.3) is 6.08 Å². The zero-order valence-electron chi connectivity index (χ0n) is 15.9. The molecule has 0 aliphatic heterocycles. The molecule has 0 radical (unpaired) electrons. The predicted octanol–water partition coefficient (Wildman–Crippen LogP) is 3.50. The van der Waals surface area contributed by atoms with E-state index in [1.165, 1.54) is 18.4 Å². The standard InChI is InChI=1S/C20H24N2O4S/c1-5-7-14-8-9-15(16(11-14)25-4)26-12-19(23)21-22-20(24)18-10-13(3)17(6-2)27-18/h5,7-11H,6,12H2,1-4H3,(H,21,23)(H,22,24)/b7-5+. The summed E-state index contributed by atoms with van der Waals surface area (Å²) in [5, 5.41) is 0. The third kappa shape index (κ3) is 5.59. The molecule has 2 rings (SSSR count). The Balaban J connectivity index is 1.88. The summed E-state index contributed by atoms with van der Waals surface area (Å²) in [5.74, 6) is 0.175. The molecule has 0 atom stereocenters. The highest BCUT2D eigenvalue weighted by Crippen LogP contribution is 2.28. The van der Waals surface area contributed by atoms with Gasteiger partial charge in [0.25, 0.3) is 11.8 Å². The van der Waals surface area contributed by atoms with E-state index in [-0.39, 0.29) is 12.5 Å². The van der Waals surface area contributed by atoms with Crippen LogP contribution in [0.1, 0.15) is 39.5 Å². The van der Waals surface area contributed by atoms with Crippen molar-refractivity contribution in [2.24, 2.45) is 0 Å². The Labute approximate surface area is 163 Å². The first-order chi connectivity index (χ1) is 13.0. The molecule has 0 aliphatic carbocycles. The average molecular weight is 388 g/mol. The molecule has 0 aliphatic rings. The summed E-state index contributed by atoms with van der Waals surface area (Å²) in [4.78, 5) is 25.8. The number of aryl methyl sites for hydroxylation is 2. The van der Waals surface area contributed by atoms with E-state index in [0.717, 1.165) is 22.4 Å². The second-order valence-corrected chi connectivity index (χ2v) is 6.91. The van der Waals surface area contributed by atoms with E-state index in [4.69, 9.17) is 9.47 Å². The monoisotopic (exact) mass is 388 g/mol. The van der Waals surface area contributed by atoms with Gasteiger partial charge in [-0.2, -0.15) is 0 Å². The lowest BCUT2D eigenvalue weighted by molar-refractivity contribution is -0.123. The lowest BCUT2D eigenvalue weighted by Crippen LogP contribution is -2.43. The molecular weight excluding hydrogens is 364 g/mol. The van der Waals surface area contributed by atoms with Crippen molar-refractivity contribution >= 4 is 29.2 Å². The van der Waals surface area contributed by atoms with Gasteiger partial charge < -0.3 is 9.47 Å². The van der Waals surface area contributed by atoms with E-state index >= 15 is 0 Å². The van der Waals surface area contributed by atoms with E-state index < -0.39 is 5.91 Å². The fraction of sp³-hybridized carbons (Fsp3) is 0.300. The highest BCUT2D eigenvalue weighted by molar-refractivity contribution is 7.14. The summed E-state index contributed by atoms with van der Waals surface area (Å²) in [6.45, 7) is 5.69. The van der Waals surface area contributed by atoms with Crippen LogP contribution in [-0.2, 0) is 11.2 Å². The Morgan fingerprint density at radius 3 is 2.59 bits per heavy atom. The molecule has 1 heterocycles. The van der Waals surface area contributed by atoms with Crippen molar-refractivity contribution in [3.63, 3.8) is 0 Å². The van der Waals surface area contributed by atoms with Crippen LogP contribution in [0.3, 0.4) is 0 Å². The van der Waals surface area contributed by atoms with Gasteiger partial charge in [-0.1, -0.05) is 25.1 Å². The first kappa shape index (κ1) is 20.5. The second-order valence-electron chi connectivity index (χ2n) is 5.77. The van der Waals surface area contributed by atoms with Gasteiger partial charge in [-0.15, -0.1) is 11.3 Å². The minimum absolute atomic E-state index is 0.247. The second kappa shape index (κ2) is 9.78. The highest BCUT2D eigenvalue weighted by atomic mass is 32.1. The number of thiophene rings is 1. The van der Waals surface area contributed by atoms with Crippen molar-refractivity contribution in [3.8, 4) is 11.5 Å². The SMILES string of the molecule is C/C=C/c1ccc(OCC(=O)NNC(=O)c2cc(C)c(CC)s2)c(OC)c1. The van der Waals surface area contributed by atoms with Gasteiger partial charge >= 0.3 is 0 Å². The summed E-state index contributed by atoms with van der Waals surface area (Å²) >= 11 is 1.42. The first-order valence-electron chi connectivity index (χ1n) is 8.60. The smallest absolute Gasteiger partial charge is 0.279 e. The maximum Gasteiger partial charge on any atom is 0.279 e. The van der Waals surface area contributed by atoms with Gasteiger partial charge in [-0.3, -0.25) is 20.4 Å². The topological polar surface area (TPSA) is 76.7 Å². The third-order valence-corrected chi connectivity index (χ3v) is 5.17. The van der Waals surface area contributed by atoms with Crippen LogP contribution < -0.4 is 20.3 Å². The minimum Gasteiger partial charge on any atom is -0.493 e. The molecule has 0 unspecified atom stereocenters. The van der Waals surface area contributed by atoms with Gasteiger partial charge in [0.1, 0.15) is 0 Å². The van der Waals surface area contributed by atoms with Crippen molar-refractivity contribution in [2.75, 3.05) is 13.7 Å². The molecule has 6 nitrogen and oxygen atoms in total. The van der Waals surface area contributed by atoms with Gasteiger partial charge in [0.05, 0.1) is 12.0 Å². The molecule has 0 fully saturated rings. The number of rotatable bonds is 7. The lowest BCUT2D eigenvalue weighted by Gasteiger charge is -2.11. The number of carbonyl (C=O) groups excluding carboxylic acids is 2. The number of hydrazine groups is 1. The fourth-order valence-electron chi connectivity index (χ4n) is 2.45. The van der Waals surface area contributed by atoms with Crippen LogP contribution in [0.15, 0.2) is 30.3 Å². The van der Waals surface area contributed by atoms with Crippen LogP contribution in [0.2, 0.25) is 0 Å². The largest absolute Gasteiger partial charge is 0.493 e. The van der Waals surface area contributed by atoms with Gasteiger partial charge in [0.15, 0.2) is 18.1 Å². The summed E-state index contributed by atoms with van der Waals surface area (Å²) in [7, 11) is 1.54. The summed E-state index contributed by atoms with van der Waals surface area (Å²) in [5.41, 5.74) is 6.81. The number of hydrogen-bond donors (Lipinski definition) is 2. The Kier molecular flexibility index (Phi) is 7.43. The van der Waals surface area contributed by atoms with Crippen LogP contribution >= 0.6 is 11.3 Å². The normalized spacial score (nSPS) is 10.7. The molecular formula is C20H24N2O4S. The van der Waals surface area contributed by atoms with E-state index in [0.29, 0.717) is 16.4 Å². The average Bonchev–Trinajstić information content (AvgIpc) is 3.06. The van der Waals surface area contributed by atoms with Crippen LogP contribution in [0.5, 0.6) is 11.5 Å². The number of amides is 2. The number of carbonyl (C=O) groups is 2. The van der Waals surface area contributed by atoms with Crippen molar-refractivity contribution in [1.82, 2.24) is 10.9 Å². The highest BCUT2D eigenvalue weighted by Gasteiger charge is 2.13. The van der Waals surface area contributed by atoms with Crippen molar-refractivity contribution in [2.45, 2.75) is 27.2 Å². The van der Waals surface area contributed by atoms with Crippen molar-refractivity contribution in [3.05, 3.63) is 51.2 Å². The lowest BCUT2D eigenvalue weighted by atomic mass is 10.2. The quantitative estimate of drug-likeness (QED) is 0.712. The molecule has 7 heteroatoms. The molecule has 27 heavy (non-hydrogen) atoms. The molecule has 0 bridgehead atoms. The van der Waals surface area contributed by atoms with E-state index in [1.807, 2.05) is 51.1 Å². The zero-order chi connectivity index (χ0) is 19.8.